The van der Waals surface area contributed by atoms with Gasteiger partial charge in [0.1, 0.15) is 5.94 Å². The molecule has 0 rings (SSSR count). The maximum atomic E-state index is 10.7. The molecular weight excluding hydrogens is 254 g/mol. The van der Waals surface area contributed by atoms with Crippen LogP contribution in [0.2, 0.25) is 6.04 Å². The van der Waals surface area contributed by atoms with E-state index >= 15 is 0 Å². The molecule has 0 bridgehead atoms. The predicted octanol–water partition coefficient (Wildman–Crippen LogP) is 0.668. The average Bonchev–Trinajstić information content (AvgIpc) is 2.29. The van der Waals surface area contributed by atoms with Crippen LogP contribution in [-0.4, -0.2) is 40.5 Å². The highest BCUT2D eigenvalue weighted by molar-refractivity contribution is 6.60. The Kier molecular flexibility index (Phi) is 9.44. The third-order valence-electron chi connectivity index (χ3n) is 2.10. The average molecular weight is 275 g/mol. The van der Waals surface area contributed by atoms with Crippen LogP contribution < -0.4 is 5.73 Å². The summed E-state index contributed by atoms with van der Waals surface area (Å²) in [5.74, 6) is 1.27. The van der Waals surface area contributed by atoms with Crippen LogP contribution in [0, 0.1) is 0 Å². The summed E-state index contributed by atoms with van der Waals surface area (Å²) in [5.41, 5.74) is 5.09. The van der Waals surface area contributed by atoms with Crippen LogP contribution in [0.3, 0.4) is 0 Å². The van der Waals surface area contributed by atoms with Crippen molar-refractivity contribution in [2.24, 2.45) is 5.73 Å². The van der Waals surface area contributed by atoms with E-state index < -0.39 is 8.80 Å². The third-order valence-corrected chi connectivity index (χ3v) is 5.13. The van der Waals surface area contributed by atoms with Gasteiger partial charge in [0.25, 0.3) is 0 Å². The van der Waals surface area contributed by atoms with Crippen molar-refractivity contribution in [2.45, 2.75) is 32.7 Å². The molecule has 7 heteroatoms. The summed E-state index contributed by atoms with van der Waals surface area (Å²) in [6, 6.07) is 0.504. The monoisotopic (exact) mass is 275 g/mol. The highest BCUT2D eigenvalue weighted by atomic mass is 28.4. The Bertz CT molecular complexity index is 285. The van der Waals surface area contributed by atoms with Crippen molar-refractivity contribution in [3.05, 3.63) is 6.08 Å². The minimum atomic E-state index is -2.82. The van der Waals surface area contributed by atoms with Crippen molar-refractivity contribution in [1.29, 1.82) is 0 Å². The molecule has 104 valence electrons. The number of hydrogen-bond donors (Lipinski definition) is 1. The van der Waals surface area contributed by atoms with Crippen LogP contribution in [0.5, 0.6) is 0 Å². The molecule has 0 aromatic rings. The third kappa shape index (κ3) is 7.36. The molecule has 0 radical (unpaired) electrons. The van der Waals surface area contributed by atoms with Crippen LogP contribution in [0.4, 0.5) is 0 Å². The Labute approximate surface area is 108 Å². The van der Waals surface area contributed by atoms with Gasteiger partial charge in [0, 0.05) is 31.8 Å². The zero-order chi connectivity index (χ0) is 13.9. The summed E-state index contributed by atoms with van der Waals surface area (Å²) < 4.78 is 16.7. The maximum absolute atomic E-state index is 10.7. The highest BCUT2D eigenvalue weighted by Gasteiger charge is 2.39. The van der Waals surface area contributed by atoms with Crippen LogP contribution in [0.25, 0.3) is 0 Å². The molecule has 0 aromatic carbocycles. The second kappa shape index (κ2) is 9.99. The first-order valence-corrected chi connectivity index (χ1v) is 7.93. The first-order valence-electron chi connectivity index (χ1n) is 5.99. The fourth-order valence-corrected chi connectivity index (χ4v) is 3.97. The standard InChI is InChI=1S/C11H21NO5Si/c1-3-15-18(16-4-2,17-9-6-8-13)10-5-7-11(12)14/h6H,3-5,7,9-10H2,1-2H3,(H2,12,14). The Morgan fingerprint density at radius 2 is 1.89 bits per heavy atom. The largest absolute Gasteiger partial charge is 0.501 e. The smallest absolute Gasteiger partial charge is 0.374 e. The number of carbonyl (C=O) groups is 1. The molecule has 2 N–H and O–H groups in total. The molecular formula is C11H21NO5Si. The molecule has 0 fully saturated rings. The van der Waals surface area contributed by atoms with Gasteiger partial charge in [-0.1, -0.05) is 0 Å². The van der Waals surface area contributed by atoms with Gasteiger partial charge in [-0.15, -0.1) is 0 Å². The Morgan fingerprint density at radius 1 is 1.28 bits per heavy atom. The van der Waals surface area contributed by atoms with Gasteiger partial charge in [-0.2, -0.15) is 0 Å². The number of nitrogens with two attached hydrogens (primary N) is 1. The Balaban J connectivity index is 4.49. The summed E-state index contributed by atoms with van der Waals surface area (Å²) >= 11 is 0. The van der Waals surface area contributed by atoms with Crippen LogP contribution in [0.15, 0.2) is 6.08 Å². The van der Waals surface area contributed by atoms with Gasteiger partial charge >= 0.3 is 8.80 Å². The number of amides is 1. The fourth-order valence-electron chi connectivity index (χ4n) is 1.46. The van der Waals surface area contributed by atoms with E-state index in [0.29, 0.717) is 25.7 Å². The van der Waals surface area contributed by atoms with E-state index in [1.54, 1.807) is 5.94 Å². The van der Waals surface area contributed by atoms with Gasteiger partial charge in [0.2, 0.25) is 5.91 Å². The first kappa shape index (κ1) is 17.0. The van der Waals surface area contributed by atoms with Gasteiger partial charge in [0.05, 0.1) is 6.61 Å². The van der Waals surface area contributed by atoms with E-state index in [4.69, 9.17) is 19.0 Å². The lowest BCUT2D eigenvalue weighted by molar-refractivity contribution is -0.118. The van der Waals surface area contributed by atoms with Gasteiger partial charge in [0.15, 0.2) is 0 Å². The molecule has 0 heterocycles. The lowest BCUT2D eigenvalue weighted by Crippen LogP contribution is -2.46. The summed E-state index contributed by atoms with van der Waals surface area (Å²) in [4.78, 5) is 20.8. The lowest BCUT2D eigenvalue weighted by Gasteiger charge is -2.28. The van der Waals surface area contributed by atoms with Crippen LogP contribution >= 0.6 is 0 Å². The van der Waals surface area contributed by atoms with Crippen molar-refractivity contribution >= 4 is 20.7 Å². The van der Waals surface area contributed by atoms with Crippen molar-refractivity contribution in [2.75, 3.05) is 19.8 Å². The zero-order valence-corrected chi connectivity index (χ0v) is 11.9. The summed E-state index contributed by atoms with van der Waals surface area (Å²) in [7, 11) is -2.82. The molecule has 0 spiro atoms. The Morgan fingerprint density at radius 3 is 2.33 bits per heavy atom. The highest BCUT2D eigenvalue weighted by Crippen LogP contribution is 2.19. The minimum absolute atomic E-state index is 0.103. The first-order chi connectivity index (χ1) is 8.60. The number of primary amides is 1. The topological polar surface area (TPSA) is 87.8 Å². The van der Waals surface area contributed by atoms with Crippen molar-refractivity contribution in [3.8, 4) is 0 Å². The predicted molar refractivity (Wildman–Crippen MR) is 68.5 cm³/mol. The minimum Gasteiger partial charge on any atom is -0.374 e. The quantitative estimate of drug-likeness (QED) is 0.442. The van der Waals surface area contributed by atoms with E-state index in [2.05, 4.69) is 0 Å². The Hall–Kier alpha value is -0.983. The molecule has 0 aliphatic heterocycles. The molecule has 0 aromatic heterocycles. The zero-order valence-electron chi connectivity index (χ0n) is 10.9. The molecule has 18 heavy (non-hydrogen) atoms. The fraction of sp³-hybridized carbons (Fsp3) is 0.727. The number of carbonyl (C=O) groups excluding carboxylic acids is 2. The van der Waals surface area contributed by atoms with Crippen molar-refractivity contribution < 1.29 is 22.9 Å². The number of hydrogen-bond acceptors (Lipinski definition) is 5. The van der Waals surface area contributed by atoms with Crippen molar-refractivity contribution in [3.63, 3.8) is 0 Å². The molecule has 0 atom stereocenters. The maximum Gasteiger partial charge on any atom is 0.501 e. The summed E-state index contributed by atoms with van der Waals surface area (Å²) in [5, 5.41) is 0. The SMILES string of the molecule is CCO[Si](CCCC(N)=O)(OCC)OCC=C=O. The molecule has 0 aliphatic carbocycles. The number of rotatable bonds is 11. The second-order valence-electron chi connectivity index (χ2n) is 3.50. The molecule has 0 saturated heterocycles. The summed E-state index contributed by atoms with van der Waals surface area (Å²) in [6.45, 7) is 4.69. The second-order valence-corrected chi connectivity index (χ2v) is 6.23. The van der Waals surface area contributed by atoms with Crippen LogP contribution in [-0.2, 0) is 22.9 Å². The van der Waals surface area contributed by atoms with Gasteiger partial charge in [-0.05, 0) is 20.3 Å². The van der Waals surface area contributed by atoms with E-state index in [0.717, 1.165) is 0 Å². The van der Waals surface area contributed by atoms with Gasteiger partial charge in [-0.25, -0.2) is 4.79 Å². The normalized spacial score (nSPS) is 11.0. The van der Waals surface area contributed by atoms with Gasteiger partial charge in [-0.3, -0.25) is 4.79 Å². The van der Waals surface area contributed by atoms with E-state index in [1.165, 1.54) is 6.08 Å². The molecule has 0 aliphatic rings. The summed E-state index contributed by atoms with van der Waals surface area (Å²) in [6.07, 6.45) is 2.04. The lowest BCUT2D eigenvalue weighted by atomic mass is 10.3. The molecule has 0 unspecified atom stereocenters. The van der Waals surface area contributed by atoms with Crippen LogP contribution in [0.1, 0.15) is 26.7 Å². The van der Waals surface area contributed by atoms with E-state index in [9.17, 15) is 9.59 Å². The van der Waals surface area contributed by atoms with E-state index in [-0.39, 0.29) is 18.9 Å². The van der Waals surface area contributed by atoms with Gasteiger partial charge < -0.3 is 19.0 Å². The van der Waals surface area contributed by atoms with E-state index in [1.807, 2.05) is 13.8 Å². The molecule has 0 saturated carbocycles. The molecule has 6 nitrogen and oxygen atoms in total. The van der Waals surface area contributed by atoms with Crippen molar-refractivity contribution in [1.82, 2.24) is 0 Å². The molecule has 1 amide bonds.